The van der Waals surface area contributed by atoms with E-state index >= 15 is 0 Å². The number of rotatable bonds is 9. The standard InChI is InChI=1S/C21H25N3O3/c1-3-23(4-2)16-19-7-5-18(6-8-19)15-22-21(25)14-11-17-9-12-20(13-10-17)24(26)27/h5-14H,3-4,15-16H2,1-2H3,(H,22,25)/b14-11+. The lowest BCUT2D eigenvalue weighted by atomic mass is 10.1. The zero-order valence-electron chi connectivity index (χ0n) is 15.7. The first-order valence-electron chi connectivity index (χ1n) is 9.02. The maximum Gasteiger partial charge on any atom is 0.269 e. The van der Waals surface area contributed by atoms with Crippen molar-refractivity contribution in [1.82, 2.24) is 10.2 Å². The first kappa shape index (κ1) is 20.3. The lowest BCUT2D eigenvalue weighted by molar-refractivity contribution is -0.384. The highest BCUT2D eigenvalue weighted by Crippen LogP contribution is 2.13. The van der Waals surface area contributed by atoms with Crippen LogP contribution in [0.2, 0.25) is 0 Å². The number of carbonyl (C=O) groups is 1. The van der Waals surface area contributed by atoms with Crippen molar-refractivity contribution < 1.29 is 9.72 Å². The molecule has 142 valence electrons. The van der Waals surface area contributed by atoms with Gasteiger partial charge < -0.3 is 5.32 Å². The zero-order valence-corrected chi connectivity index (χ0v) is 15.7. The van der Waals surface area contributed by atoms with Gasteiger partial charge in [-0.3, -0.25) is 19.8 Å². The van der Waals surface area contributed by atoms with Crippen LogP contribution >= 0.6 is 0 Å². The molecule has 0 heterocycles. The molecular weight excluding hydrogens is 342 g/mol. The second-order valence-corrected chi connectivity index (χ2v) is 6.18. The van der Waals surface area contributed by atoms with E-state index in [-0.39, 0.29) is 11.6 Å². The van der Waals surface area contributed by atoms with Crippen LogP contribution < -0.4 is 5.32 Å². The molecule has 0 aliphatic rings. The van der Waals surface area contributed by atoms with Crippen molar-refractivity contribution in [2.45, 2.75) is 26.9 Å². The van der Waals surface area contributed by atoms with Gasteiger partial charge in [0, 0.05) is 31.3 Å². The Morgan fingerprint density at radius 2 is 1.63 bits per heavy atom. The van der Waals surface area contributed by atoms with Gasteiger partial charge in [0.25, 0.3) is 5.69 Å². The van der Waals surface area contributed by atoms with E-state index in [2.05, 4.69) is 36.2 Å². The quantitative estimate of drug-likeness (QED) is 0.416. The van der Waals surface area contributed by atoms with Gasteiger partial charge >= 0.3 is 0 Å². The van der Waals surface area contributed by atoms with Gasteiger partial charge in [0.15, 0.2) is 0 Å². The van der Waals surface area contributed by atoms with E-state index in [9.17, 15) is 14.9 Å². The highest BCUT2D eigenvalue weighted by molar-refractivity contribution is 5.91. The molecule has 2 rings (SSSR count). The third-order valence-corrected chi connectivity index (χ3v) is 4.32. The summed E-state index contributed by atoms with van der Waals surface area (Å²) in [6, 6.07) is 14.3. The van der Waals surface area contributed by atoms with Gasteiger partial charge in [-0.1, -0.05) is 38.1 Å². The van der Waals surface area contributed by atoms with E-state index < -0.39 is 4.92 Å². The summed E-state index contributed by atoms with van der Waals surface area (Å²) in [4.78, 5) is 24.5. The summed E-state index contributed by atoms with van der Waals surface area (Å²) in [7, 11) is 0. The molecule has 0 unspecified atom stereocenters. The molecule has 1 N–H and O–H groups in total. The van der Waals surface area contributed by atoms with Gasteiger partial charge in [0.05, 0.1) is 4.92 Å². The van der Waals surface area contributed by atoms with Gasteiger partial charge in [-0.25, -0.2) is 0 Å². The fourth-order valence-corrected chi connectivity index (χ4v) is 2.60. The molecule has 0 bridgehead atoms. The summed E-state index contributed by atoms with van der Waals surface area (Å²) < 4.78 is 0. The fraction of sp³-hybridized carbons (Fsp3) is 0.286. The fourth-order valence-electron chi connectivity index (χ4n) is 2.60. The zero-order chi connectivity index (χ0) is 19.6. The third-order valence-electron chi connectivity index (χ3n) is 4.32. The van der Waals surface area contributed by atoms with Crippen LogP contribution in [0.5, 0.6) is 0 Å². The van der Waals surface area contributed by atoms with Crippen molar-refractivity contribution in [3.63, 3.8) is 0 Å². The number of carbonyl (C=O) groups excluding carboxylic acids is 1. The van der Waals surface area contributed by atoms with Crippen molar-refractivity contribution in [2.75, 3.05) is 13.1 Å². The SMILES string of the molecule is CCN(CC)Cc1ccc(CNC(=O)/C=C/c2ccc([N+](=O)[O-])cc2)cc1. The highest BCUT2D eigenvalue weighted by Gasteiger charge is 2.04. The van der Waals surface area contributed by atoms with Gasteiger partial charge in [-0.2, -0.15) is 0 Å². The number of amides is 1. The Kier molecular flexibility index (Phi) is 7.70. The second kappa shape index (κ2) is 10.2. The molecule has 1 amide bonds. The Morgan fingerprint density at radius 1 is 1.04 bits per heavy atom. The van der Waals surface area contributed by atoms with E-state index in [1.54, 1.807) is 18.2 Å². The lowest BCUT2D eigenvalue weighted by Gasteiger charge is -2.18. The Hall–Kier alpha value is -2.99. The summed E-state index contributed by atoms with van der Waals surface area (Å²) in [6.45, 7) is 7.73. The first-order chi connectivity index (χ1) is 13.0. The summed E-state index contributed by atoms with van der Waals surface area (Å²) in [5.41, 5.74) is 3.06. The van der Waals surface area contributed by atoms with E-state index in [1.807, 2.05) is 12.1 Å². The van der Waals surface area contributed by atoms with Crippen LogP contribution in [0.1, 0.15) is 30.5 Å². The molecule has 0 saturated heterocycles. The highest BCUT2D eigenvalue weighted by atomic mass is 16.6. The molecule has 0 aromatic heterocycles. The number of nitro groups is 1. The van der Waals surface area contributed by atoms with Crippen LogP contribution in [0.4, 0.5) is 5.69 Å². The molecule has 0 aliphatic carbocycles. The van der Waals surface area contributed by atoms with Gasteiger partial charge in [0.2, 0.25) is 5.91 Å². The minimum absolute atomic E-state index is 0.0287. The van der Waals surface area contributed by atoms with Crippen LogP contribution in [0.25, 0.3) is 6.08 Å². The maximum absolute atomic E-state index is 11.9. The van der Waals surface area contributed by atoms with Gasteiger partial charge in [-0.05, 0) is 48.0 Å². The predicted octanol–water partition coefficient (Wildman–Crippen LogP) is 3.77. The summed E-state index contributed by atoms with van der Waals surface area (Å²) in [5, 5.41) is 13.5. The van der Waals surface area contributed by atoms with Crippen LogP contribution in [0.15, 0.2) is 54.6 Å². The summed E-state index contributed by atoms with van der Waals surface area (Å²) >= 11 is 0. The van der Waals surface area contributed by atoms with E-state index in [0.717, 1.165) is 30.8 Å². The monoisotopic (exact) mass is 367 g/mol. The smallest absolute Gasteiger partial charge is 0.269 e. The molecule has 2 aromatic rings. The molecule has 27 heavy (non-hydrogen) atoms. The van der Waals surface area contributed by atoms with Crippen LogP contribution in [0, 0.1) is 10.1 Å². The van der Waals surface area contributed by atoms with Gasteiger partial charge in [-0.15, -0.1) is 0 Å². The molecule has 0 atom stereocenters. The molecule has 0 fully saturated rings. The number of nitro benzene ring substituents is 1. The Labute approximate surface area is 159 Å². The van der Waals surface area contributed by atoms with Crippen molar-refractivity contribution in [3.8, 4) is 0 Å². The normalized spacial score (nSPS) is 11.1. The van der Waals surface area contributed by atoms with Crippen molar-refractivity contribution >= 4 is 17.7 Å². The van der Waals surface area contributed by atoms with Crippen molar-refractivity contribution in [1.29, 1.82) is 0 Å². The minimum atomic E-state index is -0.451. The molecule has 0 saturated carbocycles. The summed E-state index contributed by atoms with van der Waals surface area (Å²) in [6.07, 6.45) is 3.06. The molecule has 6 nitrogen and oxygen atoms in total. The van der Waals surface area contributed by atoms with Crippen LogP contribution in [0.3, 0.4) is 0 Å². The van der Waals surface area contributed by atoms with Crippen molar-refractivity contribution in [2.24, 2.45) is 0 Å². The number of nitrogens with zero attached hydrogens (tertiary/aromatic N) is 2. The first-order valence-corrected chi connectivity index (χ1v) is 9.02. The van der Waals surface area contributed by atoms with E-state index in [0.29, 0.717) is 6.54 Å². The average molecular weight is 367 g/mol. The number of nitrogens with one attached hydrogen (secondary N) is 1. The maximum atomic E-state index is 11.9. The van der Waals surface area contributed by atoms with Gasteiger partial charge in [0.1, 0.15) is 0 Å². The minimum Gasteiger partial charge on any atom is -0.348 e. The third kappa shape index (κ3) is 6.67. The second-order valence-electron chi connectivity index (χ2n) is 6.18. The molecule has 0 radical (unpaired) electrons. The number of hydrogen-bond donors (Lipinski definition) is 1. The Balaban J connectivity index is 1.83. The molecule has 0 aliphatic heterocycles. The predicted molar refractivity (Wildman–Crippen MR) is 107 cm³/mol. The molecular formula is C21H25N3O3. The summed E-state index contributed by atoms with van der Waals surface area (Å²) in [5.74, 6) is -0.208. The largest absolute Gasteiger partial charge is 0.348 e. The molecule has 6 heteroatoms. The molecule has 2 aromatic carbocycles. The van der Waals surface area contributed by atoms with E-state index in [4.69, 9.17) is 0 Å². The molecule has 0 spiro atoms. The van der Waals surface area contributed by atoms with Crippen LogP contribution in [-0.4, -0.2) is 28.8 Å². The Morgan fingerprint density at radius 3 is 2.19 bits per heavy atom. The van der Waals surface area contributed by atoms with E-state index in [1.165, 1.54) is 23.8 Å². The number of hydrogen-bond acceptors (Lipinski definition) is 4. The lowest BCUT2D eigenvalue weighted by Crippen LogP contribution is -2.22. The number of benzene rings is 2. The number of non-ortho nitro benzene ring substituents is 1. The topological polar surface area (TPSA) is 75.5 Å². The van der Waals surface area contributed by atoms with Crippen LogP contribution in [-0.2, 0) is 17.9 Å². The average Bonchev–Trinajstić information content (AvgIpc) is 2.70. The Bertz CT molecular complexity index is 779. The van der Waals surface area contributed by atoms with Crippen molar-refractivity contribution in [3.05, 3.63) is 81.4 Å².